The lowest BCUT2D eigenvalue weighted by Gasteiger charge is -2.26. The summed E-state index contributed by atoms with van der Waals surface area (Å²) in [5.41, 5.74) is 4.90. The molecule has 3 nitrogen and oxygen atoms in total. The Hall–Kier alpha value is -2.13. The van der Waals surface area contributed by atoms with Crippen LogP contribution in [0.1, 0.15) is 11.1 Å². The SMILES string of the molecule is COC(=O)C1Cc2c(cccc2-c2ccccc2)CN1. The molecule has 0 saturated heterocycles. The van der Waals surface area contributed by atoms with Crippen LogP contribution in [0.2, 0.25) is 0 Å². The van der Waals surface area contributed by atoms with E-state index in [9.17, 15) is 4.79 Å². The molecule has 3 rings (SSSR count). The zero-order valence-electron chi connectivity index (χ0n) is 11.4. The van der Waals surface area contributed by atoms with Crippen LogP contribution >= 0.6 is 0 Å². The maximum Gasteiger partial charge on any atom is 0.323 e. The van der Waals surface area contributed by atoms with Gasteiger partial charge in [-0.15, -0.1) is 0 Å². The highest BCUT2D eigenvalue weighted by molar-refractivity contribution is 5.78. The first-order valence-corrected chi connectivity index (χ1v) is 6.77. The number of rotatable bonds is 2. The fourth-order valence-corrected chi connectivity index (χ4v) is 2.75. The number of hydrogen-bond donors (Lipinski definition) is 1. The van der Waals surface area contributed by atoms with Crippen molar-refractivity contribution >= 4 is 5.97 Å². The van der Waals surface area contributed by atoms with Crippen molar-refractivity contribution in [3.05, 3.63) is 59.7 Å². The summed E-state index contributed by atoms with van der Waals surface area (Å²) in [5, 5.41) is 3.23. The summed E-state index contributed by atoms with van der Waals surface area (Å²) in [6, 6.07) is 16.3. The molecule has 1 aliphatic heterocycles. The molecular formula is C17H17NO2. The lowest BCUT2D eigenvalue weighted by Crippen LogP contribution is -2.42. The summed E-state index contributed by atoms with van der Waals surface area (Å²) in [6.45, 7) is 0.704. The average Bonchev–Trinajstić information content (AvgIpc) is 2.54. The third kappa shape index (κ3) is 2.32. The molecule has 0 amide bonds. The van der Waals surface area contributed by atoms with Gasteiger partial charge in [-0.3, -0.25) is 4.79 Å². The van der Waals surface area contributed by atoms with Crippen molar-refractivity contribution in [1.82, 2.24) is 5.32 Å². The molecule has 2 aromatic carbocycles. The lowest BCUT2D eigenvalue weighted by molar-refractivity contribution is -0.143. The third-order valence-electron chi connectivity index (χ3n) is 3.79. The van der Waals surface area contributed by atoms with Crippen LogP contribution in [-0.4, -0.2) is 19.1 Å². The number of hydrogen-bond acceptors (Lipinski definition) is 3. The highest BCUT2D eigenvalue weighted by Crippen LogP contribution is 2.29. The number of benzene rings is 2. The van der Waals surface area contributed by atoms with Gasteiger partial charge in [-0.05, 0) is 28.7 Å². The molecule has 1 heterocycles. The van der Waals surface area contributed by atoms with E-state index in [0.29, 0.717) is 13.0 Å². The molecule has 0 fully saturated rings. The Morgan fingerprint density at radius 2 is 1.95 bits per heavy atom. The van der Waals surface area contributed by atoms with Crippen LogP contribution in [-0.2, 0) is 22.5 Å². The Balaban J connectivity index is 2.01. The van der Waals surface area contributed by atoms with Gasteiger partial charge in [-0.25, -0.2) is 0 Å². The minimum absolute atomic E-state index is 0.196. The van der Waals surface area contributed by atoms with E-state index in [2.05, 4.69) is 35.6 Å². The lowest BCUT2D eigenvalue weighted by atomic mass is 9.88. The number of fused-ring (bicyclic) bond motifs is 1. The van der Waals surface area contributed by atoms with Crippen LogP contribution < -0.4 is 5.32 Å². The van der Waals surface area contributed by atoms with E-state index in [0.717, 1.165) is 0 Å². The molecule has 20 heavy (non-hydrogen) atoms. The van der Waals surface area contributed by atoms with E-state index in [1.165, 1.54) is 29.4 Å². The predicted octanol–water partition coefficient (Wildman–Crippen LogP) is 2.54. The summed E-state index contributed by atoms with van der Waals surface area (Å²) in [6.07, 6.45) is 0.674. The zero-order chi connectivity index (χ0) is 13.9. The highest BCUT2D eigenvalue weighted by Gasteiger charge is 2.26. The second-order valence-corrected chi connectivity index (χ2v) is 4.97. The first-order valence-electron chi connectivity index (χ1n) is 6.77. The van der Waals surface area contributed by atoms with Gasteiger partial charge in [-0.2, -0.15) is 0 Å². The third-order valence-corrected chi connectivity index (χ3v) is 3.79. The molecular weight excluding hydrogens is 250 g/mol. The van der Waals surface area contributed by atoms with E-state index in [4.69, 9.17) is 4.74 Å². The first-order chi connectivity index (χ1) is 9.79. The molecule has 1 unspecified atom stereocenters. The van der Waals surface area contributed by atoms with Crippen molar-refractivity contribution in [2.45, 2.75) is 19.0 Å². The summed E-state index contributed by atoms with van der Waals surface area (Å²) >= 11 is 0. The van der Waals surface area contributed by atoms with Crippen molar-refractivity contribution in [1.29, 1.82) is 0 Å². The molecule has 1 N–H and O–H groups in total. The monoisotopic (exact) mass is 267 g/mol. The van der Waals surface area contributed by atoms with Gasteiger partial charge in [-0.1, -0.05) is 48.5 Å². The molecule has 0 saturated carbocycles. The zero-order valence-corrected chi connectivity index (χ0v) is 11.4. The summed E-state index contributed by atoms with van der Waals surface area (Å²) in [4.78, 5) is 11.7. The molecule has 102 valence electrons. The fourth-order valence-electron chi connectivity index (χ4n) is 2.75. The Bertz CT molecular complexity index is 622. The highest BCUT2D eigenvalue weighted by atomic mass is 16.5. The number of carbonyl (C=O) groups is 1. The minimum Gasteiger partial charge on any atom is -0.468 e. The van der Waals surface area contributed by atoms with E-state index >= 15 is 0 Å². The van der Waals surface area contributed by atoms with Crippen molar-refractivity contribution in [2.24, 2.45) is 0 Å². The van der Waals surface area contributed by atoms with E-state index in [1.54, 1.807) is 0 Å². The van der Waals surface area contributed by atoms with Crippen LogP contribution in [0.4, 0.5) is 0 Å². The predicted molar refractivity (Wildman–Crippen MR) is 78.2 cm³/mol. The Morgan fingerprint density at radius 1 is 1.15 bits per heavy atom. The second kappa shape index (κ2) is 5.47. The Labute approximate surface area is 118 Å². The molecule has 0 aromatic heterocycles. The summed E-state index contributed by atoms with van der Waals surface area (Å²) < 4.78 is 4.85. The van der Waals surface area contributed by atoms with Crippen LogP contribution in [0.25, 0.3) is 11.1 Å². The Kier molecular flexibility index (Phi) is 3.52. The molecule has 0 spiro atoms. The smallest absolute Gasteiger partial charge is 0.323 e. The van der Waals surface area contributed by atoms with Gasteiger partial charge in [0.25, 0.3) is 0 Å². The molecule has 1 aliphatic rings. The largest absolute Gasteiger partial charge is 0.468 e. The van der Waals surface area contributed by atoms with Crippen LogP contribution in [0.5, 0.6) is 0 Å². The number of ether oxygens (including phenoxy) is 1. The van der Waals surface area contributed by atoms with Gasteiger partial charge in [0.1, 0.15) is 6.04 Å². The summed E-state index contributed by atoms with van der Waals surface area (Å²) in [7, 11) is 1.43. The van der Waals surface area contributed by atoms with E-state index in [1.807, 2.05) is 18.2 Å². The van der Waals surface area contributed by atoms with Crippen molar-refractivity contribution in [2.75, 3.05) is 7.11 Å². The van der Waals surface area contributed by atoms with Crippen molar-refractivity contribution < 1.29 is 9.53 Å². The molecule has 2 aromatic rings. The standard InChI is InChI=1S/C17H17NO2/c1-20-17(19)16-10-15-13(11-18-16)8-5-9-14(15)12-6-3-2-4-7-12/h2-9,16,18H,10-11H2,1H3. The van der Waals surface area contributed by atoms with Crippen LogP contribution in [0, 0.1) is 0 Å². The van der Waals surface area contributed by atoms with Crippen LogP contribution in [0.3, 0.4) is 0 Å². The quantitative estimate of drug-likeness (QED) is 0.850. The molecule has 3 heteroatoms. The number of nitrogens with one attached hydrogen (secondary N) is 1. The Morgan fingerprint density at radius 3 is 2.70 bits per heavy atom. The topological polar surface area (TPSA) is 38.3 Å². The molecule has 1 atom stereocenters. The number of carbonyl (C=O) groups excluding carboxylic acids is 1. The maximum atomic E-state index is 11.7. The molecule has 0 aliphatic carbocycles. The average molecular weight is 267 g/mol. The first kappa shape index (κ1) is 12.9. The van der Waals surface area contributed by atoms with Gasteiger partial charge in [0.05, 0.1) is 7.11 Å². The molecule has 0 bridgehead atoms. The van der Waals surface area contributed by atoms with Gasteiger partial charge >= 0.3 is 5.97 Å². The number of methoxy groups -OCH3 is 1. The fraction of sp³-hybridized carbons (Fsp3) is 0.235. The normalized spacial score (nSPS) is 17.4. The van der Waals surface area contributed by atoms with E-state index < -0.39 is 0 Å². The van der Waals surface area contributed by atoms with E-state index in [-0.39, 0.29) is 12.0 Å². The van der Waals surface area contributed by atoms with Crippen molar-refractivity contribution in [3.63, 3.8) is 0 Å². The maximum absolute atomic E-state index is 11.7. The van der Waals surface area contributed by atoms with Gasteiger partial charge in [0, 0.05) is 6.54 Å². The summed E-state index contributed by atoms with van der Waals surface area (Å²) in [5.74, 6) is -0.196. The van der Waals surface area contributed by atoms with Crippen molar-refractivity contribution in [3.8, 4) is 11.1 Å². The van der Waals surface area contributed by atoms with Gasteiger partial charge in [0.15, 0.2) is 0 Å². The number of esters is 1. The van der Waals surface area contributed by atoms with Gasteiger partial charge < -0.3 is 10.1 Å². The van der Waals surface area contributed by atoms with Gasteiger partial charge in [0.2, 0.25) is 0 Å². The van der Waals surface area contributed by atoms with Crippen LogP contribution in [0.15, 0.2) is 48.5 Å². The second-order valence-electron chi connectivity index (χ2n) is 4.97. The molecule has 0 radical (unpaired) electrons. The minimum atomic E-state index is -0.252.